The van der Waals surface area contributed by atoms with Crippen LogP contribution in [-0.4, -0.2) is 24.9 Å². The molecule has 0 spiro atoms. The molecule has 1 aromatic rings. The lowest BCUT2D eigenvalue weighted by Gasteiger charge is -2.17. The van der Waals surface area contributed by atoms with Crippen LogP contribution in [0.25, 0.3) is 0 Å². The fraction of sp³-hybridized carbons (Fsp3) is 0.562. The first-order valence-electron chi connectivity index (χ1n) is 7.12. The highest BCUT2D eigenvalue weighted by Crippen LogP contribution is 2.30. The zero-order chi connectivity index (χ0) is 14.4. The van der Waals surface area contributed by atoms with Crippen molar-refractivity contribution >= 4 is 0 Å². The van der Waals surface area contributed by atoms with Gasteiger partial charge in [-0.3, -0.25) is 0 Å². The van der Waals surface area contributed by atoms with Crippen LogP contribution in [0.15, 0.2) is 18.2 Å². The number of ether oxygens (including phenoxy) is 2. The zero-order valence-electron chi connectivity index (χ0n) is 11.8. The summed E-state index contributed by atoms with van der Waals surface area (Å²) in [7, 11) is 1.54. The maximum Gasteiger partial charge on any atom is 0.162 e. The number of hydrogen-bond donors (Lipinski definition) is 1. The summed E-state index contributed by atoms with van der Waals surface area (Å²) in [5, 5.41) is 18.9. The average molecular weight is 275 g/mol. The minimum Gasteiger partial charge on any atom is -0.493 e. The van der Waals surface area contributed by atoms with E-state index in [1.807, 2.05) is 0 Å². The summed E-state index contributed by atoms with van der Waals surface area (Å²) in [6.07, 6.45) is 5.36. The number of methoxy groups -OCH3 is 1. The van der Waals surface area contributed by atoms with Crippen LogP contribution in [0.2, 0.25) is 0 Å². The molecule has 1 saturated carbocycles. The molecule has 4 nitrogen and oxygen atoms in total. The molecular weight excluding hydrogens is 254 g/mol. The van der Waals surface area contributed by atoms with E-state index in [1.165, 1.54) is 32.8 Å². The van der Waals surface area contributed by atoms with Crippen LogP contribution in [0.5, 0.6) is 11.5 Å². The van der Waals surface area contributed by atoms with Crippen molar-refractivity contribution in [3.63, 3.8) is 0 Å². The van der Waals surface area contributed by atoms with Crippen molar-refractivity contribution in [1.29, 1.82) is 5.26 Å². The van der Waals surface area contributed by atoms with Crippen molar-refractivity contribution < 1.29 is 14.6 Å². The molecule has 1 aliphatic rings. The van der Waals surface area contributed by atoms with E-state index in [0.29, 0.717) is 23.0 Å². The maximum atomic E-state index is 10.0. The Bertz CT molecular complexity index is 475. The number of aliphatic hydroxyl groups excluding tert-OH is 1. The Morgan fingerprint density at radius 3 is 2.75 bits per heavy atom. The summed E-state index contributed by atoms with van der Waals surface area (Å²) in [6.45, 7) is 0.263. The number of rotatable bonds is 6. The second-order valence-corrected chi connectivity index (χ2v) is 5.33. The Labute approximate surface area is 119 Å². The van der Waals surface area contributed by atoms with Crippen LogP contribution in [0.1, 0.15) is 37.7 Å². The van der Waals surface area contributed by atoms with Gasteiger partial charge in [-0.05, 0) is 24.5 Å². The van der Waals surface area contributed by atoms with E-state index in [2.05, 4.69) is 6.07 Å². The summed E-state index contributed by atoms with van der Waals surface area (Å²) in [5.74, 6) is 1.73. The molecule has 4 heteroatoms. The second kappa shape index (κ2) is 7.16. The molecule has 1 N–H and O–H groups in total. The summed E-state index contributed by atoms with van der Waals surface area (Å²) in [6, 6.07) is 7.08. The van der Waals surface area contributed by atoms with E-state index in [9.17, 15) is 5.11 Å². The van der Waals surface area contributed by atoms with Crippen LogP contribution >= 0.6 is 0 Å². The molecule has 1 aromatic carbocycles. The third kappa shape index (κ3) is 3.88. The van der Waals surface area contributed by atoms with Crippen molar-refractivity contribution in [1.82, 2.24) is 0 Å². The van der Waals surface area contributed by atoms with Gasteiger partial charge in [0.05, 0.1) is 24.8 Å². The molecule has 108 valence electrons. The van der Waals surface area contributed by atoms with Crippen molar-refractivity contribution in [2.45, 2.75) is 38.2 Å². The van der Waals surface area contributed by atoms with Gasteiger partial charge in [-0.15, -0.1) is 0 Å². The first-order valence-corrected chi connectivity index (χ1v) is 7.12. The highest BCUT2D eigenvalue weighted by Gasteiger charge is 2.19. The van der Waals surface area contributed by atoms with Crippen LogP contribution in [0.4, 0.5) is 0 Å². The molecule has 0 aliphatic heterocycles. The van der Waals surface area contributed by atoms with E-state index >= 15 is 0 Å². The van der Waals surface area contributed by atoms with Gasteiger partial charge in [0.25, 0.3) is 0 Å². The highest BCUT2D eigenvalue weighted by molar-refractivity contribution is 5.46. The molecule has 1 unspecified atom stereocenters. The van der Waals surface area contributed by atoms with Crippen molar-refractivity contribution in [3.05, 3.63) is 23.8 Å². The summed E-state index contributed by atoms with van der Waals surface area (Å²) in [5.41, 5.74) is 0.528. The zero-order valence-corrected chi connectivity index (χ0v) is 11.8. The fourth-order valence-electron chi connectivity index (χ4n) is 2.74. The molecule has 2 rings (SSSR count). The Morgan fingerprint density at radius 1 is 1.35 bits per heavy atom. The van der Waals surface area contributed by atoms with Gasteiger partial charge in [0.15, 0.2) is 11.5 Å². The first-order chi connectivity index (χ1) is 9.72. The molecule has 0 aromatic heterocycles. The predicted molar refractivity (Wildman–Crippen MR) is 75.8 cm³/mol. The molecule has 0 saturated heterocycles. The molecule has 1 atom stereocenters. The maximum absolute atomic E-state index is 10.0. The standard InChI is InChI=1S/C16H21NO3/c1-19-16-9-13(10-17)6-7-15(16)20-11-14(18)8-12-4-2-3-5-12/h6-7,9,12,14,18H,2-5,8,11H2,1H3. The van der Waals surface area contributed by atoms with Crippen LogP contribution in [0.3, 0.4) is 0 Å². The molecule has 0 heterocycles. The summed E-state index contributed by atoms with van der Waals surface area (Å²) < 4.78 is 10.8. The van der Waals surface area contributed by atoms with Gasteiger partial charge in [0.1, 0.15) is 6.61 Å². The van der Waals surface area contributed by atoms with Crippen LogP contribution < -0.4 is 9.47 Å². The highest BCUT2D eigenvalue weighted by atomic mass is 16.5. The van der Waals surface area contributed by atoms with Crippen LogP contribution in [-0.2, 0) is 0 Å². The largest absolute Gasteiger partial charge is 0.493 e. The molecular formula is C16H21NO3. The van der Waals surface area contributed by atoms with Crippen molar-refractivity contribution in [3.8, 4) is 17.6 Å². The van der Waals surface area contributed by atoms with E-state index in [0.717, 1.165) is 6.42 Å². The lowest BCUT2D eigenvalue weighted by molar-refractivity contribution is 0.0842. The third-order valence-corrected chi connectivity index (χ3v) is 3.80. The lowest BCUT2D eigenvalue weighted by Crippen LogP contribution is -2.20. The average Bonchev–Trinajstić information content (AvgIpc) is 2.97. The smallest absolute Gasteiger partial charge is 0.162 e. The van der Waals surface area contributed by atoms with Gasteiger partial charge in [-0.25, -0.2) is 0 Å². The third-order valence-electron chi connectivity index (χ3n) is 3.80. The molecule has 0 radical (unpaired) electrons. The molecule has 1 fully saturated rings. The summed E-state index contributed by atoms with van der Waals surface area (Å²) >= 11 is 0. The Morgan fingerprint density at radius 2 is 2.10 bits per heavy atom. The molecule has 0 bridgehead atoms. The number of nitriles is 1. The second-order valence-electron chi connectivity index (χ2n) is 5.33. The van der Waals surface area contributed by atoms with Gasteiger partial charge in [0, 0.05) is 6.07 Å². The Kier molecular flexibility index (Phi) is 5.25. The monoisotopic (exact) mass is 275 g/mol. The van der Waals surface area contributed by atoms with E-state index in [4.69, 9.17) is 14.7 Å². The minimum atomic E-state index is -0.446. The van der Waals surface area contributed by atoms with Crippen molar-refractivity contribution in [2.75, 3.05) is 13.7 Å². The number of aliphatic hydroxyl groups is 1. The Balaban J connectivity index is 1.88. The molecule has 20 heavy (non-hydrogen) atoms. The van der Waals surface area contributed by atoms with Gasteiger partial charge in [0.2, 0.25) is 0 Å². The lowest BCUT2D eigenvalue weighted by atomic mass is 10.0. The first kappa shape index (κ1) is 14.7. The van der Waals surface area contributed by atoms with Gasteiger partial charge < -0.3 is 14.6 Å². The Hall–Kier alpha value is -1.73. The van der Waals surface area contributed by atoms with Gasteiger partial charge in [-0.2, -0.15) is 5.26 Å². The van der Waals surface area contributed by atoms with Crippen molar-refractivity contribution in [2.24, 2.45) is 5.92 Å². The topological polar surface area (TPSA) is 62.5 Å². The number of hydrogen-bond acceptors (Lipinski definition) is 4. The predicted octanol–water partition coefficient (Wildman–Crippen LogP) is 2.89. The van der Waals surface area contributed by atoms with Gasteiger partial charge in [-0.1, -0.05) is 25.7 Å². The normalized spacial score (nSPS) is 16.6. The molecule has 1 aliphatic carbocycles. The van der Waals surface area contributed by atoms with Gasteiger partial charge >= 0.3 is 0 Å². The fourth-order valence-corrected chi connectivity index (χ4v) is 2.74. The van der Waals surface area contributed by atoms with Crippen LogP contribution in [0, 0.1) is 17.2 Å². The van der Waals surface area contributed by atoms with E-state index < -0.39 is 6.10 Å². The molecule has 0 amide bonds. The van der Waals surface area contributed by atoms with E-state index in [-0.39, 0.29) is 6.61 Å². The number of benzene rings is 1. The minimum absolute atomic E-state index is 0.263. The quantitative estimate of drug-likeness (QED) is 0.867. The van der Waals surface area contributed by atoms with E-state index in [1.54, 1.807) is 18.2 Å². The number of nitrogens with zero attached hydrogens (tertiary/aromatic N) is 1. The SMILES string of the molecule is COc1cc(C#N)ccc1OCC(O)CC1CCCC1. The summed E-state index contributed by atoms with van der Waals surface area (Å²) in [4.78, 5) is 0.